The summed E-state index contributed by atoms with van der Waals surface area (Å²) in [5.41, 5.74) is 0. The molecule has 0 unspecified atom stereocenters. The lowest BCUT2D eigenvalue weighted by Gasteiger charge is -2.21. The van der Waals surface area contributed by atoms with Gasteiger partial charge in [0, 0.05) is 27.2 Å². The first kappa shape index (κ1) is 13.0. The standard InChI is InChI=1S/C10H18ClN5/c1-5-7-16(6-2)10-13-8(11)12-9(14-10)15(3)4/h5-7H2,1-4H3. The van der Waals surface area contributed by atoms with E-state index in [-0.39, 0.29) is 5.28 Å². The molecule has 0 fully saturated rings. The molecule has 0 saturated carbocycles. The summed E-state index contributed by atoms with van der Waals surface area (Å²) in [6.07, 6.45) is 1.05. The van der Waals surface area contributed by atoms with Crippen molar-refractivity contribution in [2.45, 2.75) is 20.3 Å². The molecule has 6 heteroatoms. The lowest BCUT2D eigenvalue weighted by molar-refractivity contribution is 0.754. The maximum Gasteiger partial charge on any atom is 0.231 e. The predicted octanol–water partition coefficient (Wildman–Crippen LogP) is 1.83. The van der Waals surface area contributed by atoms with Crippen molar-refractivity contribution >= 4 is 23.5 Å². The summed E-state index contributed by atoms with van der Waals surface area (Å²) >= 11 is 5.88. The van der Waals surface area contributed by atoms with E-state index in [2.05, 4.69) is 33.7 Å². The van der Waals surface area contributed by atoms with Gasteiger partial charge in [0.2, 0.25) is 17.2 Å². The van der Waals surface area contributed by atoms with E-state index in [4.69, 9.17) is 11.6 Å². The summed E-state index contributed by atoms with van der Waals surface area (Å²) in [6, 6.07) is 0. The molecular formula is C10H18ClN5. The molecule has 1 rings (SSSR count). The van der Waals surface area contributed by atoms with E-state index in [1.54, 1.807) is 0 Å². The van der Waals surface area contributed by atoms with Crippen molar-refractivity contribution in [3.63, 3.8) is 0 Å². The molecule has 1 aromatic heterocycles. The number of hydrogen-bond acceptors (Lipinski definition) is 5. The highest BCUT2D eigenvalue weighted by Gasteiger charge is 2.11. The van der Waals surface area contributed by atoms with Crippen molar-refractivity contribution in [3.05, 3.63) is 5.28 Å². The molecule has 0 bridgehead atoms. The van der Waals surface area contributed by atoms with Crippen LogP contribution in [0.3, 0.4) is 0 Å². The van der Waals surface area contributed by atoms with Gasteiger partial charge in [-0.05, 0) is 24.9 Å². The van der Waals surface area contributed by atoms with Crippen molar-refractivity contribution < 1.29 is 0 Å². The third-order valence-electron chi connectivity index (χ3n) is 2.14. The Balaban J connectivity index is 3.02. The molecular weight excluding hydrogens is 226 g/mol. The molecule has 0 spiro atoms. The summed E-state index contributed by atoms with van der Waals surface area (Å²) < 4.78 is 0. The Kier molecular flexibility index (Phi) is 4.73. The number of hydrogen-bond donors (Lipinski definition) is 0. The summed E-state index contributed by atoms with van der Waals surface area (Å²) in [5, 5.41) is 0.239. The minimum Gasteiger partial charge on any atom is -0.347 e. The van der Waals surface area contributed by atoms with E-state index in [0.717, 1.165) is 19.5 Å². The van der Waals surface area contributed by atoms with Gasteiger partial charge in [-0.15, -0.1) is 0 Å². The zero-order valence-electron chi connectivity index (χ0n) is 10.2. The lowest BCUT2D eigenvalue weighted by atomic mass is 10.4. The van der Waals surface area contributed by atoms with Crippen LogP contribution in [0.1, 0.15) is 20.3 Å². The second-order valence-electron chi connectivity index (χ2n) is 3.68. The molecule has 1 heterocycles. The summed E-state index contributed by atoms with van der Waals surface area (Å²) in [7, 11) is 3.76. The Morgan fingerprint density at radius 3 is 2.19 bits per heavy atom. The SMILES string of the molecule is CCCN(CC)c1nc(Cl)nc(N(C)C)n1. The lowest BCUT2D eigenvalue weighted by Crippen LogP contribution is -2.27. The first-order valence-electron chi connectivity index (χ1n) is 5.42. The Labute approximate surface area is 101 Å². The molecule has 0 aliphatic rings. The fraction of sp³-hybridized carbons (Fsp3) is 0.700. The van der Waals surface area contributed by atoms with Gasteiger partial charge in [0.15, 0.2) is 0 Å². The number of nitrogens with zero attached hydrogens (tertiary/aromatic N) is 5. The van der Waals surface area contributed by atoms with Crippen molar-refractivity contribution in [1.82, 2.24) is 15.0 Å². The third-order valence-corrected chi connectivity index (χ3v) is 2.31. The molecule has 0 aliphatic carbocycles. The molecule has 0 saturated heterocycles. The largest absolute Gasteiger partial charge is 0.347 e. The minimum atomic E-state index is 0.239. The van der Waals surface area contributed by atoms with Crippen LogP contribution in [0.5, 0.6) is 0 Å². The third kappa shape index (κ3) is 3.20. The maximum atomic E-state index is 5.88. The van der Waals surface area contributed by atoms with Gasteiger partial charge in [-0.3, -0.25) is 0 Å². The highest BCUT2D eigenvalue weighted by atomic mass is 35.5. The predicted molar refractivity (Wildman–Crippen MR) is 67.3 cm³/mol. The molecule has 0 atom stereocenters. The summed E-state index contributed by atoms with van der Waals surface area (Å²) in [4.78, 5) is 16.5. The highest BCUT2D eigenvalue weighted by Crippen LogP contribution is 2.15. The van der Waals surface area contributed by atoms with Gasteiger partial charge in [-0.25, -0.2) is 0 Å². The van der Waals surface area contributed by atoms with Crippen LogP contribution in [0, 0.1) is 0 Å². The fourth-order valence-corrected chi connectivity index (χ4v) is 1.49. The Morgan fingerprint density at radius 2 is 1.69 bits per heavy atom. The van der Waals surface area contributed by atoms with Crippen LogP contribution in [-0.4, -0.2) is 42.1 Å². The maximum absolute atomic E-state index is 5.88. The van der Waals surface area contributed by atoms with Gasteiger partial charge < -0.3 is 9.80 Å². The molecule has 0 aliphatic heterocycles. The summed E-state index contributed by atoms with van der Waals surface area (Å²) in [5.74, 6) is 1.23. The molecule has 16 heavy (non-hydrogen) atoms. The van der Waals surface area contributed by atoms with Crippen LogP contribution >= 0.6 is 11.6 Å². The number of aromatic nitrogens is 3. The van der Waals surface area contributed by atoms with E-state index in [9.17, 15) is 0 Å². The number of rotatable bonds is 5. The molecule has 0 amide bonds. The average Bonchev–Trinajstić information content (AvgIpc) is 2.24. The van der Waals surface area contributed by atoms with Crippen molar-refractivity contribution in [2.24, 2.45) is 0 Å². The molecule has 0 N–H and O–H groups in total. The van der Waals surface area contributed by atoms with E-state index in [0.29, 0.717) is 11.9 Å². The monoisotopic (exact) mass is 243 g/mol. The zero-order chi connectivity index (χ0) is 12.1. The van der Waals surface area contributed by atoms with Crippen LogP contribution in [0.2, 0.25) is 5.28 Å². The first-order chi connectivity index (χ1) is 7.58. The quantitative estimate of drug-likeness (QED) is 0.790. The van der Waals surface area contributed by atoms with Gasteiger partial charge >= 0.3 is 0 Å². The summed E-state index contributed by atoms with van der Waals surface area (Å²) in [6.45, 7) is 5.98. The first-order valence-corrected chi connectivity index (χ1v) is 5.80. The van der Waals surface area contributed by atoms with Gasteiger partial charge in [0.25, 0.3) is 0 Å². The van der Waals surface area contributed by atoms with Gasteiger partial charge in [-0.1, -0.05) is 6.92 Å². The van der Waals surface area contributed by atoms with Crippen LogP contribution in [0.25, 0.3) is 0 Å². The van der Waals surface area contributed by atoms with Gasteiger partial charge in [0.1, 0.15) is 0 Å². The Morgan fingerprint density at radius 1 is 1.06 bits per heavy atom. The molecule has 5 nitrogen and oxygen atoms in total. The Bertz CT molecular complexity index is 342. The fourth-order valence-electron chi connectivity index (χ4n) is 1.34. The number of halogens is 1. The molecule has 0 radical (unpaired) electrons. The smallest absolute Gasteiger partial charge is 0.231 e. The highest BCUT2D eigenvalue weighted by molar-refractivity contribution is 6.28. The van der Waals surface area contributed by atoms with Crippen LogP contribution in [0.15, 0.2) is 0 Å². The van der Waals surface area contributed by atoms with Crippen LogP contribution in [-0.2, 0) is 0 Å². The molecule has 0 aromatic carbocycles. The van der Waals surface area contributed by atoms with Crippen LogP contribution < -0.4 is 9.80 Å². The topological polar surface area (TPSA) is 45.2 Å². The second-order valence-corrected chi connectivity index (χ2v) is 4.02. The second kappa shape index (κ2) is 5.84. The number of anilines is 2. The average molecular weight is 244 g/mol. The van der Waals surface area contributed by atoms with E-state index in [1.807, 2.05) is 19.0 Å². The molecule has 1 aromatic rings. The van der Waals surface area contributed by atoms with E-state index in [1.165, 1.54) is 0 Å². The van der Waals surface area contributed by atoms with Crippen molar-refractivity contribution in [3.8, 4) is 0 Å². The van der Waals surface area contributed by atoms with E-state index < -0.39 is 0 Å². The van der Waals surface area contributed by atoms with Crippen molar-refractivity contribution in [1.29, 1.82) is 0 Å². The van der Waals surface area contributed by atoms with E-state index >= 15 is 0 Å². The van der Waals surface area contributed by atoms with Crippen molar-refractivity contribution in [2.75, 3.05) is 37.0 Å². The molecule has 90 valence electrons. The van der Waals surface area contributed by atoms with Gasteiger partial charge in [0.05, 0.1) is 0 Å². The van der Waals surface area contributed by atoms with Gasteiger partial charge in [-0.2, -0.15) is 15.0 Å². The van der Waals surface area contributed by atoms with Crippen LogP contribution in [0.4, 0.5) is 11.9 Å². The normalized spacial score (nSPS) is 10.3. The Hall–Kier alpha value is -1.10. The zero-order valence-corrected chi connectivity index (χ0v) is 11.0. The minimum absolute atomic E-state index is 0.239.